The maximum atomic E-state index is 10.6. The van der Waals surface area contributed by atoms with Gasteiger partial charge < -0.3 is 29.3 Å². The second-order valence-electron chi connectivity index (χ2n) is 6.02. The molecule has 0 spiro atoms. The SMILES string of the molecule is COCCNC(=NCC(C)(O)c1ccc(C)o1)NCCc1ccco1. The Bertz CT molecular complexity index is 647. The number of ether oxygens (including phenoxy) is 1. The van der Waals surface area contributed by atoms with Gasteiger partial charge in [-0.05, 0) is 38.1 Å². The molecule has 0 aliphatic rings. The van der Waals surface area contributed by atoms with Crippen molar-refractivity contribution < 1.29 is 18.7 Å². The highest BCUT2D eigenvalue weighted by molar-refractivity contribution is 5.79. The summed E-state index contributed by atoms with van der Waals surface area (Å²) in [6, 6.07) is 7.39. The number of rotatable bonds is 9. The molecule has 0 bridgehead atoms. The van der Waals surface area contributed by atoms with Crippen LogP contribution in [-0.2, 0) is 16.8 Å². The Kier molecular flexibility index (Phi) is 7.09. The molecule has 7 heteroatoms. The fourth-order valence-corrected chi connectivity index (χ4v) is 2.24. The zero-order valence-corrected chi connectivity index (χ0v) is 15.0. The van der Waals surface area contributed by atoms with Crippen molar-refractivity contribution >= 4 is 5.96 Å². The van der Waals surface area contributed by atoms with Gasteiger partial charge in [0, 0.05) is 26.6 Å². The summed E-state index contributed by atoms with van der Waals surface area (Å²) in [6.07, 6.45) is 2.40. The van der Waals surface area contributed by atoms with Gasteiger partial charge in [0.15, 0.2) is 5.96 Å². The van der Waals surface area contributed by atoms with Crippen LogP contribution in [0, 0.1) is 6.92 Å². The molecule has 138 valence electrons. The molecule has 0 radical (unpaired) electrons. The van der Waals surface area contributed by atoms with Crippen molar-refractivity contribution in [2.45, 2.75) is 25.9 Å². The third-order valence-electron chi connectivity index (χ3n) is 3.66. The molecule has 3 N–H and O–H groups in total. The Hall–Kier alpha value is -2.25. The Labute approximate surface area is 148 Å². The third-order valence-corrected chi connectivity index (χ3v) is 3.66. The largest absolute Gasteiger partial charge is 0.469 e. The highest BCUT2D eigenvalue weighted by Gasteiger charge is 2.26. The molecule has 2 aromatic rings. The summed E-state index contributed by atoms with van der Waals surface area (Å²) >= 11 is 0. The van der Waals surface area contributed by atoms with E-state index in [2.05, 4.69) is 15.6 Å². The van der Waals surface area contributed by atoms with Gasteiger partial charge in [0.2, 0.25) is 0 Å². The number of nitrogens with one attached hydrogen (secondary N) is 2. The van der Waals surface area contributed by atoms with Gasteiger partial charge in [0.25, 0.3) is 0 Å². The van der Waals surface area contributed by atoms with Crippen LogP contribution < -0.4 is 10.6 Å². The van der Waals surface area contributed by atoms with Crippen LogP contribution in [0.5, 0.6) is 0 Å². The lowest BCUT2D eigenvalue weighted by Gasteiger charge is -2.20. The topological polar surface area (TPSA) is 92.2 Å². The highest BCUT2D eigenvalue weighted by atomic mass is 16.5. The number of nitrogens with zero attached hydrogens (tertiary/aromatic N) is 1. The molecule has 0 amide bonds. The van der Waals surface area contributed by atoms with Gasteiger partial charge in [0.1, 0.15) is 22.9 Å². The predicted molar refractivity (Wildman–Crippen MR) is 95.6 cm³/mol. The number of guanidine groups is 1. The summed E-state index contributed by atoms with van der Waals surface area (Å²) < 4.78 is 15.9. The van der Waals surface area contributed by atoms with Gasteiger partial charge in [-0.2, -0.15) is 0 Å². The summed E-state index contributed by atoms with van der Waals surface area (Å²) in [6.45, 7) is 5.54. The molecule has 7 nitrogen and oxygen atoms in total. The van der Waals surface area contributed by atoms with E-state index in [-0.39, 0.29) is 6.54 Å². The van der Waals surface area contributed by atoms with E-state index in [1.807, 2.05) is 25.1 Å². The second-order valence-corrected chi connectivity index (χ2v) is 6.02. The van der Waals surface area contributed by atoms with E-state index in [0.717, 1.165) is 17.9 Å². The molecule has 0 aromatic carbocycles. The standard InChI is InChI=1S/C18H27N3O4/c1-14-6-7-16(25-14)18(2,22)13-21-17(20-10-12-23-3)19-9-8-15-5-4-11-24-15/h4-7,11,22H,8-10,12-13H2,1-3H3,(H2,19,20,21). The zero-order chi connectivity index (χ0) is 18.1. The molecular weight excluding hydrogens is 322 g/mol. The predicted octanol–water partition coefficient (Wildman–Crippen LogP) is 1.81. The highest BCUT2D eigenvalue weighted by Crippen LogP contribution is 2.22. The molecule has 1 atom stereocenters. The van der Waals surface area contributed by atoms with Crippen LogP contribution in [0.4, 0.5) is 0 Å². The minimum atomic E-state index is -1.18. The van der Waals surface area contributed by atoms with Gasteiger partial charge in [-0.3, -0.25) is 0 Å². The Balaban J connectivity index is 1.93. The lowest BCUT2D eigenvalue weighted by molar-refractivity contribution is 0.0428. The zero-order valence-electron chi connectivity index (χ0n) is 15.0. The summed E-state index contributed by atoms with van der Waals surface area (Å²) in [5, 5.41) is 17.0. The Morgan fingerprint density at radius 1 is 1.28 bits per heavy atom. The lowest BCUT2D eigenvalue weighted by atomic mass is 10.0. The molecule has 0 saturated heterocycles. The van der Waals surface area contributed by atoms with Crippen LogP contribution in [-0.4, -0.2) is 44.4 Å². The summed E-state index contributed by atoms with van der Waals surface area (Å²) in [5.74, 6) is 2.77. The molecule has 25 heavy (non-hydrogen) atoms. The lowest BCUT2D eigenvalue weighted by Crippen LogP contribution is -2.41. The molecular formula is C18H27N3O4. The summed E-state index contributed by atoms with van der Waals surface area (Å²) in [4.78, 5) is 4.47. The average Bonchev–Trinajstić information content (AvgIpc) is 3.24. The van der Waals surface area contributed by atoms with E-state index in [4.69, 9.17) is 13.6 Å². The molecule has 2 aromatic heterocycles. The maximum Gasteiger partial charge on any atom is 0.191 e. The van der Waals surface area contributed by atoms with Crippen molar-refractivity contribution in [2.75, 3.05) is 33.4 Å². The van der Waals surface area contributed by atoms with E-state index >= 15 is 0 Å². The number of hydrogen-bond donors (Lipinski definition) is 3. The van der Waals surface area contributed by atoms with Crippen LogP contribution in [0.25, 0.3) is 0 Å². The van der Waals surface area contributed by atoms with Crippen molar-refractivity contribution in [2.24, 2.45) is 4.99 Å². The first-order valence-electron chi connectivity index (χ1n) is 8.34. The van der Waals surface area contributed by atoms with E-state index in [1.165, 1.54) is 0 Å². The summed E-state index contributed by atoms with van der Waals surface area (Å²) in [5.41, 5.74) is -1.18. The first-order valence-corrected chi connectivity index (χ1v) is 8.34. The monoisotopic (exact) mass is 349 g/mol. The van der Waals surface area contributed by atoms with Crippen molar-refractivity contribution in [1.29, 1.82) is 0 Å². The molecule has 0 aliphatic heterocycles. The molecule has 0 saturated carbocycles. The first-order chi connectivity index (χ1) is 12.0. The van der Waals surface area contributed by atoms with Crippen molar-refractivity contribution in [3.05, 3.63) is 47.8 Å². The number of hydrogen-bond acceptors (Lipinski definition) is 5. The first kappa shape index (κ1) is 19.1. The fraction of sp³-hybridized carbons (Fsp3) is 0.500. The van der Waals surface area contributed by atoms with Gasteiger partial charge in [0.05, 0.1) is 19.4 Å². The summed E-state index contributed by atoms with van der Waals surface area (Å²) in [7, 11) is 1.65. The number of aliphatic imine (C=N–C) groups is 1. The molecule has 2 rings (SSSR count). The van der Waals surface area contributed by atoms with E-state index < -0.39 is 5.60 Å². The second kappa shape index (κ2) is 9.29. The maximum absolute atomic E-state index is 10.6. The van der Waals surface area contributed by atoms with Crippen molar-refractivity contribution in [1.82, 2.24) is 10.6 Å². The number of methoxy groups -OCH3 is 1. The number of furan rings is 2. The van der Waals surface area contributed by atoms with Crippen LogP contribution in [0.3, 0.4) is 0 Å². The fourth-order valence-electron chi connectivity index (χ4n) is 2.24. The van der Waals surface area contributed by atoms with E-state index in [9.17, 15) is 5.11 Å². The quantitative estimate of drug-likeness (QED) is 0.363. The minimum Gasteiger partial charge on any atom is -0.469 e. The van der Waals surface area contributed by atoms with E-state index in [0.29, 0.717) is 31.4 Å². The number of aryl methyl sites for hydroxylation is 1. The van der Waals surface area contributed by atoms with Gasteiger partial charge in [-0.25, -0.2) is 4.99 Å². The van der Waals surface area contributed by atoms with Gasteiger partial charge >= 0.3 is 0 Å². The van der Waals surface area contributed by atoms with Crippen LogP contribution >= 0.6 is 0 Å². The van der Waals surface area contributed by atoms with Crippen LogP contribution in [0.15, 0.2) is 44.4 Å². The Morgan fingerprint density at radius 3 is 2.72 bits per heavy atom. The average molecular weight is 349 g/mol. The smallest absolute Gasteiger partial charge is 0.191 e. The molecule has 1 unspecified atom stereocenters. The van der Waals surface area contributed by atoms with Crippen molar-refractivity contribution in [3.63, 3.8) is 0 Å². The third kappa shape index (κ3) is 6.28. The normalized spacial score (nSPS) is 14.3. The Morgan fingerprint density at radius 2 is 2.08 bits per heavy atom. The van der Waals surface area contributed by atoms with Gasteiger partial charge in [-0.15, -0.1) is 0 Å². The number of aliphatic hydroxyl groups is 1. The van der Waals surface area contributed by atoms with Crippen molar-refractivity contribution in [3.8, 4) is 0 Å². The van der Waals surface area contributed by atoms with Crippen LogP contribution in [0.2, 0.25) is 0 Å². The van der Waals surface area contributed by atoms with E-state index in [1.54, 1.807) is 26.4 Å². The molecule has 2 heterocycles. The van der Waals surface area contributed by atoms with Gasteiger partial charge in [-0.1, -0.05) is 0 Å². The molecule has 0 aliphatic carbocycles. The minimum absolute atomic E-state index is 0.170. The molecule has 0 fully saturated rings. The van der Waals surface area contributed by atoms with Crippen LogP contribution in [0.1, 0.15) is 24.2 Å².